The number of para-hydroxylation sites is 2. The van der Waals surface area contributed by atoms with E-state index in [9.17, 15) is 9.59 Å². The van der Waals surface area contributed by atoms with E-state index in [-0.39, 0.29) is 25.7 Å². The number of nitrogens with one attached hydrogen (secondary N) is 1. The first kappa shape index (κ1) is 20.6. The molecular weight excluding hydrogens is 366 g/mol. The Labute approximate surface area is 163 Å². The van der Waals surface area contributed by atoms with E-state index in [0.29, 0.717) is 17.1 Å². The average molecular weight is 389 g/mol. The van der Waals surface area contributed by atoms with E-state index < -0.39 is 5.97 Å². The minimum Gasteiger partial charge on any atom is -0.493 e. The van der Waals surface area contributed by atoms with E-state index in [1.165, 1.54) is 0 Å². The molecule has 0 aliphatic heterocycles. The van der Waals surface area contributed by atoms with E-state index in [2.05, 4.69) is 5.32 Å². The number of hydrogen-bond donors (Lipinski definition) is 1. The molecule has 2 aromatic rings. The molecule has 0 heterocycles. The maximum absolute atomic E-state index is 12.2. The van der Waals surface area contributed by atoms with Gasteiger partial charge in [0.1, 0.15) is 6.61 Å². The van der Waals surface area contributed by atoms with Crippen LogP contribution in [0.2, 0.25) is 0 Å². The van der Waals surface area contributed by atoms with Gasteiger partial charge < -0.3 is 19.5 Å². The summed E-state index contributed by atoms with van der Waals surface area (Å²) in [5, 5.41) is 2.65. The first-order valence-corrected chi connectivity index (χ1v) is 9.55. The number of esters is 1. The SMILES string of the molecule is CCSc1ccccc1C(=O)OCC(=O)NCCOc1ccccc1OC. The maximum Gasteiger partial charge on any atom is 0.339 e. The van der Waals surface area contributed by atoms with Crippen LogP contribution in [0.25, 0.3) is 0 Å². The van der Waals surface area contributed by atoms with Crippen molar-refractivity contribution in [3.63, 3.8) is 0 Å². The van der Waals surface area contributed by atoms with Gasteiger partial charge in [-0.1, -0.05) is 31.2 Å². The van der Waals surface area contributed by atoms with Crippen LogP contribution in [0, 0.1) is 0 Å². The third-order valence-electron chi connectivity index (χ3n) is 3.49. The lowest BCUT2D eigenvalue weighted by molar-refractivity contribution is -0.124. The second-order valence-corrected chi connectivity index (χ2v) is 6.66. The van der Waals surface area contributed by atoms with Gasteiger partial charge in [-0.25, -0.2) is 4.79 Å². The zero-order valence-corrected chi connectivity index (χ0v) is 16.2. The summed E-state index contributed by atoms with van der Waals surface area (Å²) in [4.78, 5) is 24.9. The van der Waals surface area contributed by atoms with Crippen molar-refractivity contribution in [1.82, 2.24) is 5.32 Å². The second kappa shape index (κ2) is 11.1. The van der Waals surface area contributed by atoms with Gasteiger partial charge in [-0.05, 0) is 30.0 Å². The van der Waals surface area contributed by atoms with Crippen molar-refractivity contribution in [3.8, 4) is 11.5 Å². The van der Waals surface area contributed by atoms with Gasteiger partial charge in [0.2, 0.25) is 0 Å². The highest BCUT2D eigenvalue weighted by molar-refractivity contribution is 7.99. The molecule has 0 aromatic heterocycles. The third-order valence-corrected chi connectivity index (χ3v) is 4.45. The molecule has 1 N–H and O–H groups in total. The molecule has 0 unspecified atom stereocenters. The quantitative estimate of drug-likeness (QED) is 0.382. The van der Waals surface area contributed by atoms with Crippen molar-refractivity contribution in [2.45, 2.75) is 11.8 Å². The van der Waals surface area contributed by atoms with Crippen molar-refractivity contribution < 1.29 is 23.8 Å². The smallest absolute Gasteiger partial charge is 0.339 e. The number of hydrogen-bond acceptors (Lipinski definition) is 6. The first-order chi connectivity index (χ1) is 13.2. The number of carbonyl (C=O) groups is 2. The molecule has 1 amide bonds. The summed E-state index contributed by atoms with van der Waals surface area (Å²) in [6, 6.07) is 14.5. The van der Waals surface area contributed by atoms with Crippen molar-refractivity contribution in [1.29, 1.82) is 0 Å². The van der Waals surface area contributed by atoms with Gasteiger partial charge in [-0.2, -0.15) is 0 Å². The molecule has 6 nitrogen and oxygen atoms in total. The molecule has 0 atom stereocenters. The lowest BCUT2D eigenvalue weighted by atomic mass is 10.2. The van der Waals surface area contributed by atoms with Crippen molar-refractivity contribution in [3.05, 3.63) is 54.1 Å². The van der Waals surface area contributed by atoms with Crippen molar-refractivity contribution >= 4 is 23.6 Å². The topological polar surface area (TPSA) is 73.9 Å². The number of rotatable bonds is 10. The Morgan fingerprint density at radius 1 is 1.04 bits per heavy atom. The van der Waals surface area contributed by atoms with Crippen LogP contribution < -0.4 is 14.8 Å². The summed E-state index contributed by atoms with van der Waals surface area (Å²) in [6.07, 6.45) is 0. The standard InChI is InChI=1S/C20H23NO5S/c1-3-27-18-11-7-4-8-15(18)20(23)26-14-19(22)21-12-13-25-17-10-6-5-9-16(17)24-2/h4-11H,3,12-14H2,1-2H3,(H,21,22). The first-order valence-electron chi connectivity index (χ1n) is 8.57. The van der Waals surface area contributed by atoms with Crippen LogP contribution in [-0.2, 0) is 9.53 Å². The largest absolute Gasteiger partial charge is 0.493 e. The predicted octanol–water partition coefficient (Wildman–Crippen LogP) is 3.16. The minimum atomic E-state index is -0.507. The van der Waals surface area contributed by atoms with Crippen molar-refractivity contribution in [2.75, 3.05) is 32.6 Å². The molecule has 2 rings (SSSR count). The summed E-state index contributed by atoms with van der Waals surface area (Å²) in [7, 11) is 1.56. The van der Waals surface area contributed by atoms with Crippen LogP contribution in [0.3, 0.4) is 0 Å². The van der Waals surface area contributed by atoms with Gasteiger partial charge >= 0.3 is 5.97 Å². The van der Waals surface area contributed by atoms with Crippen LogP contribution in [0.4, 0.5) is 0 Å². The lowest BCUT2D eigenvalue weighted by Gasteiger charge is -2.11. The highest BCUT2D eigenvalue weighted by Crippen LogP contribution is 2.25. The second-order valence-electron chi connectivity index (χ2n) is 5.35. The zero-order valence-electron chi connectivity index (χ0n) is 15.4. The van der Waals surface area contributed by atoms with Gasteiger partial charge in [-0.3, -0.25) is 4.79 Å². The van der Waals surface area contributed by atoms with Crippen molar-refractivity contribution in [2.24, 2.45) is 0 Å². The van der Waals surface area contributed by atoms with Gasteiger partial charge in [0.15, 0.2) is 18.1 Å². The average Bonchev–Trinajstić information content (AvgIpc) is 2.70. The van der Waals surface area contributed by atoms with E-state index in [4.69, 9.17) is 14.2 Å². The summed E-state index contributed by atoms with van der Waals surface area (Å²) < 4.78 is 15.9. The maximum atomic E-state index is 12.2. The summed E-state index contributed by atoms with van der Waals surface area (Å²) >= 11 is 1.55. The highest BCUT2D eigenvalue weighted by Gasteiger charge is 2.14. The molecule has 0 radical (unpaired) electrons. The molecule has 0 saturated heterocycles. The molecule has 0 aliphatic carbocycles. The zero-order chi connectivity index (χ0) is 19.5. The van der Waals surface area contributed by atoms with E-state index in [0.717, 1.165) is 10.6 Å². The Kier molecular flexibility index (Phi) is 8.51. The molecule has 0 spiro atoms. The molecule has 0 aliphatic rings. The van der Waals surface area contributed by atoms with Crippen LogP contribution >= 0.6 is 11.8 Å². The summed E-state index contributed by atoms with van der Waals surface area (Å²) in [5.74, 6) is 1.18. The number of methoxy groups -OCH3 is 1. The van der Waals surface area contributed by atoms with Gasteiger partial charge in [0.25, 0.3) is 5.91 Å². The summed E-state index contributed by atoms with van der Waals surface area (Å²) in [6.45, 7) is 2.23. The van der Waals surface area contributed by atoms with Crippen LogP contribution in [0.1, 0.15) is 17.3 Å². The Hall–Kier alpha value is -2.67. The molecule has 2 aromatic carbocycles. The predicted molar refractivity (Wildman–Crippen MR) is 105 cm³/mol. The Morgan fingerprint density at radius 3 is 2.48 bits per heavy atom. The molecule has 0 saturated carbocycles. The Morgan fingerprint density at radius 2 is 1.74 bits per heavy atom. The number of carbonyl (C=O) groups excluding carboxylic acids is 2. The van der Waals surface area contributed by atoms with Gasteiger partial charge in [-0.15, -0.1) is 11.8 Å². The third kappa shape index (κ3) is 6.53. The molecule has 0 fully saturated rings. The number of benzene rings is 2. The van der Waals surface area contributed by atoms with Crippen LogP contribution in [0.5, 0.6) is 11.5 Å². The lowest BCUT2D eigenvalue weighted by Crippen LogP contribution is -2.32. The van der Waals surface area contributed by atoms with Crippen LogP contribution in [-0.4, -0.2) is 44.5 Å². The van der Waals surface area contributed by atoms with E-state index >= 15 is 0 Å². The van der Waals surface area contributed by atoms with E-state index in [1.807, 2.05) is 31.2 Å². The fourth-order valence-electron chi connectivity index (χ4n) is 2.27. The monoisotopic (exact) mass is 389 g/mol. The number of amides is 1. The molecular formula is C20H23NO5S. The minimum absolute atomic E-state index is 0.274. The normalized spacial score (nSPS) is 10.1. The summed E-state index contributed by atoms with van der Waals surface area (Å²) in [5.41, 5.74) is 0.469. The van der Waals surface area contributed by atoms with Crippen LogP contribution in [0.15, 0.2) is 53.4 Å². The number of thioether (sulfide) groups is 1. The fourth-order valence-corrected chi connectivity index (χ4v) is 3.06. The molecule has 144 valence electrons. The Bertz CT molecular complexity index is 766. The fraction of sp³-hybridized carbons (Fsp3) is 0.300. The molecule has 0 bridgehead atoms. The van der Waals surface area contributed by atoms with Gasteiger partial charge in [0.05, 0.1) is 19.2 Å². The number of ether oxygens (including phenoxy) is 3. The molecule has 27 heavy (non-hydrogen) atoms. The van der Waals surface area contributed by atoms with Gasteiger partial charge in [0, 0.05) is 4.90 Å². The van der Waals surface area contributed by atoms with E-state index in [1.54, 1.807) is 43.1 Å². The highest BCUT2D eigenvalue weighted by atomic mass is 32.2. The Balaban J connectivity index is 1.72. The molecule has 7 heteroatoms.